The van der Waals surface area contributed by atoms with E-state index < -0.39 is 0 Å². The summed E-state index contributed by atoms with van der Waals surface area (Å²) in [6.07, 6.45) is 8.28. The Labute approximate surface area is 121 Å². The summed E-state index contributed by atoms with van der Waals surface area (Å²) < 4.78 is 11.4. The van der Waals surface area contributed by atoms with Gasteiger partial charge in [-0.15, -0.1) is 0 Å². The quantitative estimate of drug-likeness (QED) is 0.831. The number of hydrogen-bond acceptors (Lipinski definition) is 5. The number of rotatable bonds is 7. The largest absolute Gasteiger partial charge is 0.367 e. The Balaban J connectivity index is 2.08. The van der Waals surface area contributed by atoms with Crippen LogP contribution in [0.4, 0.5) is 0 Å². The fourth-order valence-electron chi connectivity index (χ4n) is 3.05. The standard InChI is InChI=1S/C15H27N3O2/c1-3-8-12(16)11-13-17-14(18-20-13)15(19-4-2)9-6-5-7-10-15/h12H,3-11,16H2,1-2H3. The van der Waals surface area contributed by atoms with Gasteiger partial charge in [-0.2, -0.15) is 4.98 Å². The van der Waals surface area contributed by atoms with Gasteiger partial charge in [0, 0.05) is 19.1 Å². The molecule has 1 heterocycles. The zero-order valence-corrected chi connectivity index (χ0v) is 12.7. The summed E-state index contributed by atoms with van der Waals surface area (Å²) in [6, 6.07) is 0.0997. The molecule has 1 saturated carbocycles. The number of aromatic nitrogens is 2. The lowest BCUT2D eigenvalue weighted by Crippen LogP contribution is -2.33. The molecule has 0 bridgehead atoms. The van der Waals surface area contributed by atoms with Gasteiger partial charge in [0.05, 0.1) is 0 Å². The Bertz CT molecular complexity index is 394. The van der Waals surface area contributed by atoms with E-state index in [0.717, 1.165) is 31.5 Å². The summed E-state index contributed by atoms with van der Waals surface area (Å²) in [5.74, 6) is 1.36. The van der Waals surface area contributed by atoms with Crippen molar-refractivity contribution in [3.05, 3.63) is 11.7 Å². The average Bonchev–Trinajstić information content (AvgIpc) is 2.89. The highest BCUT2D eigenvalue weighted by molar-refractivity contribution is 5.04. The second-order valence-corrected chi connectivity index (χ2v) is 5.75. The van der Waals surface area contributed by atoms with Crippen LogP contribution < -0.4 is 5.73 Å². The highest BCUT2D eigenvalue weighted by Gasteiger charge is 2.39. The molecule has 1 fully saturated rings. The molecule has 1 atom stereocenters. The van der Waals surface area contributed by atoms with Crippen molar-refractivity contribution in [2.75, 3.05) is 6.61 Å². The normalized spacial score (nSPS) is 19.9. The topological polar surface area (TPSA) is 74.2 Å². The summed E-state index contributed by atoms with van der Waals surface area (Å²) in [4.78, 5) is 4.56. The van der Waals surface area contributed by atoms with E-state index in [2.05, 4.69) is 17.1 Å². The smallest absolute Gasteiger partial charge is 0.228 e. The van der Waals surface area contributed by atoms with E-state index in [9.17, 15) is 0 Å². The summed E-state index contributed by atoms with van der Waals surface area (Å²) in [7, 11) is 0. The van der Waals surface area contributed by atoms with Gasteiger partial charge in [0.1, 0.15) is 5.60 Å². The second kappa shape index (κ2) is 7.18. The summed E-state index contributed by atoms with van der Waals surface area (Å²) in [5.41, 5.74) is 5.71. The van der Waals surface area contributed by atoms with Gasteiger partial charge in [-0.25, -0.2) is 0 Å². The van der Waals surface area contributed by atoms with E-state index in [1.807, 2.05) is 6.92 Å². The molecular weight excluding hydrogens is 254 g/mol. The van der Waals surface area contributed by atoms with Crippen molar-refractivity contribution < 1.29 is 9.26 Å². The third kappa shape index (κ3) is 3.58. The molecule has 0 amide bonds. The maximum atomic E-state index is 6.04. The first-order chi connectivity index (χ1) is 9.70. The molecule has 0 aromatic carbocycles. The lowest BCUT2D eigenvalue weighted by Gasteiger charge is -2.33. The van der Waals surface area contributed by atoms with Crippen LogP contribution in [0.15, 0.2) is 4.52 Å². The molecular formula is C15H27N3O2. The average molecular weight is 281 g/mol. The molecule has 0 saturated heterocycles. The predicted molar refractivity (Wildman–Crippen MR) is 77.3 cm³/mol. The molecule has 2 rings (SSSR count). The van der Waals surface area contributed by atoms with Crippen molar-refractivity contribution in [2.45, 2.75) is 76.9 Å². The molecule has 0 aliphatic heterocycles. The van der Waals surface area contributed by atoms with Crippen molar-refractivity contribution in [3.8, 4) is 0 Å². The third-order valence-electron chi connectivity index (χ3n) is 4.05. The van der Waals surface area contributed by atoms with Gasteiger partial charge in [0.2, 0.25) is 11.7 Å². The van der Waals surface area contributed by atoms with E-state index in [1.54, 1.807) is 0 Å². The molecule has 1 aromatic rings. The minimum absolute atomic E-state index is 0.0997. The number of hydrogen-bond donors (Lipinski definition) is 1. The first-order valence-electron chi connectivity index (χ1n) is 7.93. The van der Waals surface area contributed by atoms with Crippen molar-refractivity contribution in [1.82, 2.24) is 10.1 Å². The Morgan fingerprint density at radius 3 is 2.70 bits per heavy atom. The number of nitrogens with two attached hydrogens (primary N) is 1. The van der Waals surface area contributed by atoms with Crippen LogP contribution in [0, 0.1) is 0 Å². The molecule has 5 heteroatoms. The zero-order valence-electron chi connectivity index (χ0n) is 12.7. The SMILES string of the molecule is CCCC(N)Cc1nc(C2(OCC)CCCCC2)no1. The van der Waals surface area contributed by atoms with Crippen molar-refractivity contribution >= 4 is 0 Å². The molecule has 114 valence electrons. The predicted octanol–water partition coefficient (Wildman–Crippen LogP) is 2.94. The van der Waals surface area contributed by atoms with Gasteiger partial charge < -0.3 is 15.0 Å². The van der Waals surface area contributed by atoms with Crippen LogP contribution in [0.3, 0.4) is 0 Å². The van der Waals surface area contributed by atoms with Crippen molar-refractivity contribution in [2.24, 2.45) is 5.73 Å². The summed E-state index contributed by atoms with van der Waals surface area (Å²) >= 11 is 0. The number of ether oxygens (including phenoxy) is 1. The molecule has 1 aromatic heterocycles. The van der Waals surface area contributed by atoms with Crippen LogP contribution in [0.25, 0.3) is 0 Å². The summed E-state index contributed by atoms with van der Waals surface area (Å²) in [6.45, 7) is 4.83. The van der Waals surface area contributed by atoms with E-state index in [-0.39, 0.29) is 11.6 Å². The van der Waals surface area contributed by atoms with Crippen LogP contribution in [-0.4, -0.2) is 22.8 Å². The molecule has 2 N–H and O–H groups in total. The molecule has 5 nitrogen and oxygen atoms in total. The second-order valence-electron chi connectivity index (χ2n) is 5.75. The fourth-order valence-corrected chi connectivity index (χ4v) is 3.05. The summed E-state index contributed by atoms with van der Waals surface area (Å²) in [5, 5.41) is 4.18. The third-order valence-corrected chi connectivity index (χ3v) is 4.05. The highest BCUT2D eigenvalue weighted by atomic mass is 16.5. The van der Waals surface area contributed by atoms with E-state index >= 15 is 0 Å². The van der Waals surface area contributed by atoms with Crippen LogP contribution in [0.2, 0.25) is 0 Å². The maximum absolute atomic E-state index is 6.04. The zero-order chi connectivity index (χ0) is 14.4. The monoisotopic (exact) mass is 281 g/mol. The van der Waals surface area contributed by atoms with Crippen LogP contribution in [0.5, 0.6) is 0 Å². The minimum Gasteiger partial charge on any atom is -0.367 e. The van der Waals surface area contributed by atoms with Gasteiger partial charge in [-0.05, 0) is 26.2 Å². The Morgan fingerprint density at radius 1 is 1.30 bits per heavy atom. The van der Waals surface area contributed by atoms with Crippen LogP contribution in [-0.2, 0) is 16.8 Å². The maximum Gasteiger partial charge on any atom is 0.228 e. The molecule has 0 radical (unpaired) electrons. The van der Waals surface area contributed by atoms with E-state index in [0.29, 0.717) is 18.9 Å². The van der Waals surface area contributed by atoms with Crippen LogP contribution in [0.1, 0.15) is 70.5 Å². The Morgan fingerprint density at radius 2 is 2.05 bits per heavy atom. The van der Waals surface area contributed by atoms with Gasteiger partial charge >= 0.3 is 0 Å². The van der Waals surface area contributed by atoms with Gasteiger partial charge in [-0.3, -0.25) is 0 Å². The first-order valence-corrected chi connectivity index (χ1v) is 7.93. The van der Waals surface area contributed by atoms with Gasteiger partial charge in [0.15, 0.2) is 0 Å². The van der Waals surface area contributed by atoms with Gasteiger partial charge in [0.25, 0.3) is 0 Å². The molecule has 0 spiro atoms. The van der Waals surface area contributed by atoms with Gasteiger partial charge in [-0.1, -0.05) is 37.8 Å². The van der Waals surface area contributed by atoms with E-state index in [4.69, 9.17) is 15.0 Å². The van der Waals surface area contributed by atoms with E-state index in [1.165, 1.54) is 19.3 Å². The number of nitrogens with zero attached hydrogens (tertiary/aromatic N) is 2. The fraction of sp³-hybridized carbons (Fsp3) is 0.867. The Hall–Kier alpha value is -0.940. The molecule has 1 unspecified atom stereocenters. The lowest BCUT2D eigenvalue weighted by atomic mass is 9.84. The minimum atomic E-state index is -0.330. The lowest BCUT2D eigenvalue weighted by molar-refractivity contribution is -0.0777. The highest BCUT2D eigenvalue weighted by Crippen LogP contribution is 2.39. The molecule has 20 heavy (non-hydrogen) atoms. The van der Waals surface area contributed by atoms with Crippen LogP contribution >= 0.6 is 0 Å². The van der Waals surface area contributed by atoms with Crippen molar-refractivity contribution in [3.63, 3.8) is 0 Å². The molecule has 1 aliphatic carbocycles. The van der Waals surface area contributed by atoms with Crippen molar-refractivity contribution in [1.29, 1.82) is 0 Å². The first kappa shape index (κ1) is 15.4. The Kier molecular flexibility index (Phi) is 5.54. The molecule has 1 aliphatic rings.